The zero-order valence-corrected chi connectivity index (χ0v) is 14.2. The van der Waals surface area contributed by atoms with Gasteiger partial charge >= 0.3 is 0 Å². The van der Waals surface area contributed by atoms with Gasteiger partial charge in [0, 0.05) is 17.8 Å². The van der Waals surface area contributed by atoms with Crippen molar-refractivity contribution in [1.82, 2.24) is 0 Å². The van der Waals surface area contributed by atoms with Crippen LogP contribution in [0.2, 0.25) is 0 Å². The third-order valence-corrected chi connectivity index (χ3v) is 3.81. The Bertz CT molecular complexity index is 813. The highest BCUT2D eigenvalue weighted by atomic mass is 16.5. The molecule has 0 aliphatic heterocycles. The second-order valence-electron chi connectivity index (χ2n) is 5.72. The molecule has 1 N–H and O–H groups in total. The number of amides is 1. The topological polar surface area (TPSA) is 42.2 Å². The van der Waals surface area contributed by atoms with Gasteiger partial charge in [-0.2, -0.15) is 4.57 Å². The molecule has 0 unspecified atom stereocenters. The molecule has 25 heavy (non-hydrogen) atoms. The lowest BCUT2D eigenvalue weighted by atomic mass is 10.2. The van der Waals surface area contributed by atoms with Crippen LogP contribution in [-0.2, 0) is 17.8 Å². The van der Waals surface area contributed by atoms with E-state index in [-0.39, 0.29) is 12.5 Å². The van der Waals surface area contributed by atoms with Crippen LogP contribution in [-0.4, -0.2) is 5.91 Å². The average molecular weight is 333 g/mol. The van der Waals surface area contributed by atoms with E-state index in [1.165, 1.54) is 5.56 Å². The molecular weight excluding hydrogens is 312 g/mol. The summed E-state index contributed by atoms with van der Waals surface area (Å²) in [6, 6.07) is 21.0. The van der Waals surface area contributed by atoms with Crippen molar-refractivity contribution in [3.63, 3.8) is 0 Å². The second kappa shape index (κ2) is 8.11. The number of nitrogens with one attached hydrogen (secondary N) is 1. The van der Waals surface area contributed by atoms with Gasteiger partial charge in [-0.25, -0.2) is 0 Å². The first kappa shape index (κ1) is 16.7. The molecule has 1 heterocycles. The van der Waals surface area contributed by atoms with Crippen molar-refractivity contribution in [3.05, 3.63) is 84.7 Å². The van der Waals surface area contributed by atoms with Gasteiger partial charge in [0.2, 0.25) is 6.54 Å². The van der Waals surface area contributed by atoms with Crippen molar-refractivity contribution in [2.24, 2.45) is 0 Å². The number of benzene rings is 2. The third-order valence-electron chi connectivity index (χ3n) is 3.81. The van der Waals surface area contributed by atoms with Crippen molar-refractivity contribution in [2.45, 2.75) is 19.9 Å². The molecule has 2 aromatic carbocycles. The minimum absolute atomic E-state index is 0.0639. The number of rotatable bonds is 6. The number of para-hydroxylation sites is 1. The average Bonchev–Trinajstić information content (AvgIpc) is 2.65. The van der Waals surface area contributed by atoms with Gasteiger partial charge in [0.15, 0.2) is 12.4 Å². The normalized spacial score (nSPS) is 10.3. The highest BCUT2D eigenvalue weighted by molar-refractivity contribution is 5.89. The van der Waals surface area contributed by atoms with Crippen LogP contribution in [0.5, 0.6) is 11.5 Å². The summed E-state index contributed by atoms with van der Waals surface area (Å²) >= 11 is 0. The number of carbonyl (C=O) groups excluding carboxylic acids is 1. The summed E-state index contributed by atoms with van der Waals surface area (Å²) in [5.41, 5.74) is 2.00. The van der Waals surface area contributed by atoms with Crippen LogP contribution < -0.4 is 14.6 Å². The number of nitrogens with zero attached hydrogens (tertiary/aromatic N) is 1. The van der Waals surface area contributed by atoms with E-state index >= 15 is 0 Å². The summed E-state index contributed by atoms with van der Waals surface area (Å²) in [5.74, 6) is 1.45. The van der Waals surface area contributed by atoms with Crippen LogP contribution in [0.1, 0.15) is 12.5 Å². The number of anilines is 1. The number of hydrogen-bond donors (Lipinski definition) is 1. The number of carbonyl (C=O) groups is 1. The first-order valence-corrected chi connectivity index (χ1v) is 8.34. The Labute approximate surface area is 147 Å². The fraction of sp³-hybridized carbons (Fsp3) is 0.143. The minimum atomic E-state index is -0.0639. The Kier molecular flexibility index (Phi) is 5.42. The first-order chi connectivity index (χ1) is 12.2. The molecule has 3 rings (SSSR count). The predicted octanol–water partition coefficient (Wildman–Crippen LogP) is 3.97. The smallest absolute Gasteiger partial charge is 0.290 e. The lowest BCUT2D eigenvalue weighted by molar-refractivity contribution is -0.684. The Morgan fingerprint density at radius 3 is 2.20 bits per heavy atom. The van der Waals surface area contributed by atoms with Crippen LogP contribution in [0.4, 0.5) is 5.69 Å². The van der Waals surface area contributed by atoms with E-state index in [4.69, 9.17) is 4.74 Å². The number of ether oxygens (including phenoxy) is 1. The second-order valence-corrected chi connectivity index (χ2v) is 5.72. The molecule has 4 heteroatoms. The van der Waals surface area contributed by atoms with Crippen LogP contribution >= 0.6 is 0 Å². The van der Waals surface area contributed by atoms with Gasteiger partial charge in [-0.05, 0) is 48.4 Å². The molecule has 0 atom stereocenters. The number of aryl methyl sites for hydroxylation is 1. The molecule has 0 saturated heterocycles. The lowest BCUT2D eigenvalue weighted by Crippen LogP contribution is -2.39. The standard InChI is InChI=1S/C21H20N2O2/c1-2-17-12-14-23(15-13-17)16-21(24)22-18-8-10-20(11-9-18)25-19-6-4-3-5-7-19/h3-15H,2,16H2,1H3/p+1. The Morgan fingerprint density at radius 2 is 1.56 bits per heavy atom. The zero-order chi connectivity index (χ0) is 17.5. The maximum absolute atomic E-state index is 12.1. The molecule has 4 nitrogen and oxygen atoms in total. The van der Waals surface area contributed by atoms with Gasteiger partial charge in [-0.1, -0.05) is 25.1 Å². The molecule has 0 bridgehead atoms. The van der Waals surface area contributed by atoms with Crippen molar-refractivity contribution >= 4 is 11.6 Å². The molecule has 3 aromatic rings. The summed E-state index contributed by atoms with van der Waals surface area (Å²) < 4.78 is 7.60. The van der Waals surface area contributed by atoms with E-state index in [9.17, 15) is 4.79 Å². The zero-order valence-electron chi connectivity index (χ0n) is 14.2. The van der Waals surface area contributed by atoms with Crippen LogP contribution in [0.15, 0.2) is 79.1 Å². The minimum Gasteiger partial charge on any atom is -0.457 e. The van der Waals surface area contributed by atoms with Crippen LogP contribution in [0.3, 0.4) is 0 Å². The van der Waals surface area contributed by atoms with E-state index in [0.717, 1.165) is 23.6 Å². The Morgan fingerprint density at radius 1 is 0.920 bits per heavy atom. The summed E-state index contributed by atoms with van der Waals surface area (Å²) in [7, 11) is 0. The fourth-order valence-electron chi connectivity index (χ4n) is 2.43. The van der Waals surface area contributed by atoms with E-state index in [0.29, 0.717) is 0 Å². The van der Waals surface area contributed by atoms with E-state index in [1.54, 1.807) is 0 Å². The number of aromatic nitrogens is 1. The maximum atomic E-state index is 12.1. The van der Waals surface area contributed by atoms with Crippen molar-refractivity contribution < 1.29 is 14.1 Å². The van der Waals surface area contributed by atoms with Crippen molar-refractivity contribution in [3.8, 4) is 11.5 Å². The van der Waals surface area contributed by atoms with Crippen LogP contribution in [0.25, 0.3) is 0 Å². The summed E-state index contributed by atoms with van der Waals surface area (Å²) in [4.78, 5) is 12.1. The van der Waals surface area contributed by atoms with Crippen molar-refractivity contribution in [2.75, 3.05) is 5.32 Å². The van der Waals surface area contributed by atoms with E-state index in [2.05, 4.69) is 12.2 Å². The molecule has 126 valence electrons. The fourth-order valence-corrected chi connectivity index (χ4v) is 2.43. The molecule has 0 radical (unpaired) electrons. The lowest BCUT2D eigenvalue weighted by Gasteiger charge is -2.07. The van der Waals surface area contributed by atoms with Gasteiger partial charge in [0.25, 0.3) is 5.91 Å². The molecule has 0 saturated carbocycles. The highest BCUT2D eigenvalue weighted by Crippen LogP contribution is 2.22. The van der Waals surface area contributed by atoms with Crippen molar-refractivity contribution in [1.29, 1.82) is 0 Å². The largest absolute Gasteiger partial charge is 0.457 e. The highest BCUT2D eigenvalue weighted by Gasteiger charge is 2.09. The molecular formula is C21H21N2O2+. The molecule has 0 spiro atoms. The van der Waals surface area contributed by atoms with E-state index < -0.39 is 0 Å². The Balaban J connectivity index is 1.56. The summed E-state index contributed by atoms with van der Waals surface area (Å²) in [6.45, 7) is 2.39. The Hall–Kier alpha value is -3.14. The third kappa shape index (κ3) is 4.91. The van der Waals surface area contributed by atoms with Crippen LogP contribution in [0, 0.1) is 0 Å². The summed E-state index contributed by atoms with van der Waals surface area (Å²) in [6.07, 6.45) is 4.84. The number of pyridine rings is 1. The van der Waals surface area contributed by atoms with E-state index in [1.807, 2.05) is 83.7 Å². The SMILES string of the molecule is CCc1cc[n+](CC(=O)Nc2ccc(Oc3ccccc3)cc2)cc1. The molecule has 1 aromatic heterocycles. The first-order valence-electron chi connectivity index (χ1n) is 8.34. The predicted molar refractivity (Wildman–Crippen MR) is 97.6 cm³/mol. The molecule has 0 fully saturated rings. The molecule has 1 amide bonds. The van der Waals surface area contributed by atoms with Gasteiger partial charge in [-0.15, -0.1) is 0 Å². The van der Waals surface area contributed by atoms with Gasteiger partial charge in [0.1, 0.15) is 11.5 Å². The maximum Gasteiger partial charge on any atom is 0.290 e. The quantitative estimate of drug-likeness (QED) is 0.694. The summed E-state index contributed by atoms with van der Waals surface area (Å²) in [5, 5.41) is 2.89. The van der Waals surface area contributed by atoms with Gasteiger partial charge in [0.05, 0.1) is 0 Å². The monoisotopic (exact) mass is 333 g/mol. The van der Waals surface area contributed by atoms with Gasteiger partial charge < -0.3 is 10.1 Å². The molecule has 0 aliphatic rings. The number of hydrogen-bond acceptors (Lipinski definition) is 2. The molecule has 0 aliphatic carbocycles. The van der Waals surface area contributed by atoms with Gasteiger partial charge in [-0.3, -0.25) is 4.79 Å².